The number of carbonyl (C=O) groups is 1. The number of nitrogens with zero attached hydrogens (tertiary/aromatic N) is 1. The zero-order valence-corrected chi connectivity index (χ0v) is 14.0. The van der Waals surface area contributed by atoms with Crippen LogP contribution in [0, 0.1) is 6.92 Å². The summed E-state index contributed by atoms with van der Waals surface area (Å²) in [5.41, 5.74) is 2.43. The number of amides is 2. The van der Waals surface area contributed by atoms with Crippen LogP contribution in [-0.2, 0) is 16.3 Å². The van der Waals surface area contributed by atoms with Gasteiger partial charge in [0.15, 0.2) is 9.84 Å². The molecule has 122 valence electrons. The number of hydrogen-bond donors (Lipinski definition) is 1. The van der Waals surface area contributed by atoms with Crippen molar-refractivity contribution in [2.45, 2.75) is 32.7 Å². The van der Waals surface area contributed by atoms with Gasteiger partial charge in [-0.2, -0.15) is 0 Å². The van der Waals surface area contributed by atoms with Crippen LogP contribution >= 0.6 is 0 Å². The average Bonchev–Trinajstić information content (AvgIpc) is 2.82. The van der Waals surface area contributed by atoms with E-state index in [1.165, 1.54) is 11.1 Å². The van der Waals surface area contributed by atoms with Gasteiger partial charge in [0.2, 0.25) is 0 Å². The second-order valence-electron chi connectivity index (χ2n) is 5.75. The molecule has 1 aliphatic heterocycles. The van der Waals surface area contributed by atoms with Crippen LogP contribution in [0.25, 0.3) is 0 Å². The molecule has 1 heterocycles. The van der Waals surface area contributed by atoms with Gasteiger partial charge in [-0.05, 0) is 37.8 Å². The predicted octanol–water partition coefficient (Wildman–Crippen LogP) is 1.76. The minimum Gasteiger partial charge on any atom is -0.338 e. The Balaban J connectivity index is 1.87. The molecule has 2 amide bonds. The second kappa shape index (κ2) is 7.13. The first kappa shape index (κ1) is 16.8. The molecule has 0 spiro atoms. The molecule has 0 saturated carbocycles. The van der Waals surface area contributed by atoms with E-state index >= 15 is 0 Å². The SMILES string of the molecule is CCN(C(=O)NCCc1ccccc1C)C1CCS(=O)(=O)C1. The molecule has 1 unspecified atom stereocenters. The first-order valence-electron chi connectivity index (χ1n) is 7.72. The Hall–Kier alpha value is -1.56. The molecule has 0 aliphatic carbocycles. The van der Waals surface area contributed by atoms with Gasteiger partial charge in [0.1, 0.15) is 0 Å². The predicted molar refractivity (Wildman–Crippen MR) is 87.7 cm³/mol. The van der Waals surface area contributed by atoms with Crippen molar-refractivity contribution >= 4 is 15.9 Å². The largest absolute Gasteiger partial charge is 0.338 e. The zero-order chi connectivity index (χ0) is 16.2. The average molecular weight is 324 g/mol. The van der Waals surface area contributed by atoms with Crippen LogP contribution in [0.5, 0.6) is 0 Å². The van der Waals surface area contributed by atoms with Gasteiger partial charge in [0, 0.05) is 19.1 Å². The van der Waals surface area contributed by atoms with Gasteiger partial charge in [0.25, 0.3) is 0 Å². The van der Waals surface area contributed by atoms with Gasteiger partial charge in [0.05, 0.1) is 11.5 Å². The monoisotopic (exact) mass is 324 g/mol. The quantitative estimate of drug-likeness (QED) is 0.897. The molecule has 5 nitrogen and oxygen atoms in total. The van der Waals surface area contributed by atoms with Crippen molar-refractivity contribution < 1.29 is 13.2 Å². The molecule has 1 atom stereocenters. The van der Waals surface area contributed by atoms with Gasteiger partial charge in [-0.15, -0.1) is 0 Å². The lowest BCUT2D eigenvalue weighted by molar-refractivity contribution is 0.184. The van der Waals surface area contributed by atoms with E-state index in [-0.39, 0.29) is 23.6 Å². The molecular weight excluding hydrogens is 300 g/mol. The van der Waals surface area contributed by atoms with Crippen molar-refractivity contribution in [3.63, 3.8) is 0 Å². The molecule has 1 N–H and O–H groups in total. The minimum absolute atomic E-state index is 0.0893. The van der Waals surface area contributed by atoms with E-state index in [0.29, 0.717) is 19.5 Å². The Bertz CT molecular complexity index is 628. The highest BCUT2D eigenvalue weighted by Crippen LogP contribution is 2.17. The molecule has 0 bridgehead atoms. The molecule has 6 heteroatoms. The van der Waals surface area contributed by atoms with Crippen molar-refractivity contribution in [2.24, 2.45) is 0 Å². The van der Waals surface area contributed by atoms with Gasteiger partial charge >= 0.3 is 6.03 Å². The Kier molecular flexibility index (Phi) is 5.45. The summed E-state index contributed by atoms with van der Waals surface area (Å²) in [6.07, 6.45) is 1.32. The summed E-state index contributed by atoms with van der Waals surface area (Å²) < 4.78 is 23.1. The lowest BCUT2D eigenvalue weighted by Gasteiger charge is -2.27. The molecule has 22 heavy (non-hydrogen) atoms. The van der Waals surface area contributed by atoms with Crippen LogP contribution in [0.4, 0.5) is 4.79 Å². The third-order valence-corrected chi connectivity index (χ3v) is 5.93. The van der Waals surface area contributed by atoms with Crippen molar-refractivity contribution in [1.82, 2.24) is 10.2 Å². The van der Waals surface area contributed by atoms with Crippen molar-refractivity contribution in [2.75, 3.05) is 24.6 Å². The highest BCUT2D eigenvalue weighted by Gasteiger charge is 2.33. The first-order valence-corrected chi connectivity index (χ1v) is 9.54. The van der Waals surface area contributed by atoms with Crippen molar-refractivity contribution in [3.05, 3.63) is 35.4 Å². The van der Waals surface area contributed by atoms with E-state index in [1.54, 1.807) is 4.90 Å². The first-order chi connectivity index (χ1) is 10.4. The molecule has 1 aromatic rings. The lowest BCUT2D eigenvalue weighted by Crippen LogP contribution is -2.47. The van der Waals surface area contributed by atoms with Gasteiger partial charge in [-0.25, -0.2) is 13.2 Å². The second-order valence-corrected chi connectivity index (χ2v) is 7.98. The fraction of sp³-hybridized carbons (Fsp3) is 0.562. The number of urea groups is 1. The molecule has 1 saturated heterocycles. The van der Waals surface area contributed by atoms with Gasteiger partial charge < -0.3 is 10.2 Å². The molecule has 0 aromatic heterocycles. The maximum absolute atomic E-state index is 12.3. The maximum atomic E-state index is 12.3. The van der Waals surface area contributed by atoms with Crippen LogP contribution in [0.3, 0.4) is 0 Å². The van der Waals surface area contributed by atoms with E-state index in [4.69, 9.17) is 0 Å². The number of hydrogen-bond acceptors (Lipinski definition) is 3. The number of benzene rings is 1. The van der Waals surface area contributed by atoms with Crippen molar-refractivity contribution in [1.29, 1.82) is 0 Å². The van der Waals surface area contributed by atoms with Crippen LogP contribution in [0.1, 0.15) is 24.5 Å². The number of carbonyl (C=O) groups excluding carboxylic acids is 1. The van der Waals surface area contributed by atoms with E-state index < -0.39 is 9.84 Å². The standard InChI is InChI=1S/C16H24N2O3S/c1-3-18(15-9-11-22(20,21)12-15)16(19)17-10-8-14-7-5-4-6-13(14)2/h4-7,15H,3,8-12H2,1-2H3,(H,17,19). The normalized spacial score (nSPS) is 19.8. The highest BCUT2D eigenvalue weighted by molar-refractivity contribution is 7.91. The molecular formula is C16H24N2O3S. The summed E-state index contributed by atoms with van der Waals surface area (Å²) in [4.78, 5) is 13.9. The van der Waals surface area contributed by atoms with Gasteiger partial charge in [-0.3, -0.25) is 0 Å². The Morgan fingerprint density at radius 1 is 1.36 bits per heavy atom. The van der Waals surface area contributed by atoms with E-state index in [0.717, 1.165) is 6.42 Å². The molecule has 1 aromatic carbocycles. The molecule has 1 aliphatic rings. The smallest absolute Gasteiger partial charge is 0.317 e. The van der Waals surface area contributed by atoms with Crippen LogP contribution < -0.4 is 5.32 Å². The van der Waals surface area contributed by atoms with Crippen molar-refractivity contribution in [3.8, 4) is 0 Å². The summed E-state index contributed by atoms with van der Waals surface area (Å²) in [5, 5.41) is 2.91. The Morgan fingerprint density at radius 3 is 2.68 bits per heavy atom. The van der Waals surface area contributed by atoms with Crippen LogP contribution in [0.2, 0.25) is 0 Å². The minimum atomic E-state index is -2.97. The van der Waals surface area contributed by atoms with E-state index in [1.807, 2.05) is 19.1 Å². The van der Waals surface area contributed by atoms with Gasteiger partial charge in [-0.1, -0.05) is 24.3 Å². The summed E-state index contributed by atoms with van der Waals surface area (Å²) in [6, 6.07) is 7.75. The lowest BCUT2D eigenvalue weighted by atomic mass is 10.1. The Labute approximate surface area is 132 Å². The van der Waals surface area contributed by atoms with E-state index in [9.17, 15) is 13.2 Å². The van der Waals surface area contributed by atoms with Crippen LogP contribution in [-0.4, -0.2) is 50.0 Å². The summed E-state index contributed by atoms with van der Waals surface area (Å²) >= 11 is 0. The fourth-order valence-electron chi connectivity index (χ4n) is 2.89. The number of sulfone groups is 1. The van der Waals surface area contributed by atoms with E-state index in [2.05, 4.69) is 24.4 Å². The molecule has 1 fully saturated rings. The summed E-state index contributed by atoms with van der Waals surface area (Å²) in [7, 11) is -2.97. The fourth-order valence-corrected chi connectivity index (χ4v) is 4.62. The summed E-state index contributed by atoms with van der Waals surface area (Å²) in [5.74, 6) is 0.275. The molecule has 2 rings (SSSR count). The number of nitrogens with one attached hydrogen (secondary N) is 1. The number of aryl methyl sites for hydroxylation is 1. The zero-order valence-electron chi connectivity index (χ0n) is 13.2. The highest BCUT2D eigenvalue weighted by atomic mass is 32.2. The molecule has 0 radical (unpaired) electrons. The maximum Gasteiger partial charge on any atom is 0.317 e. The third-order valence-electron chi connectivity index (χ3n) is 4.18. The topological polar surface area (TPSA) is 66.5 Å². The third kappa shape index (κ3) is 4.22. The van der Waals surface area contributed by atoms with Crippen LogP contribution in [0.15, 0.2) is 24.3 Å². The summed E-state index contributed by atoms with van der Waals surface area (Å²) in [6.45, 7) is 5.01. The number of rotatable bonds is 5. The Morgan fingerprint density at radius 2 is 2.09 bits per heavy atom.